The molecule has 2 aliphatic rings. The van der Waals surface area contributed by atoms with Crippen molar-refractivity contribution in [3.05, 3.63) is 58.8 Å². The first-order valence-electron chi connectivity index (χ1n) is 7.75. The van der Waals surface area contributed by atoms with Crippen molar-refractivity contribution in [1.82, 2.24) is 4.90 Å². The molecule has 3 rings (SSSR count). The van der Waals surface area contributed by atoms with Gasteiger partial charge in [-0.25, -0.2) is 0 Å². The van der Waals surface area contributed by atoms with E-state index in [4.69, 9.17) is 5.73 Å². The summed E-state index contributed by atoms with van der Waals surface area (Å²) < 4.78 is 0. The maximum Gasteiger partial charge on any atom is 0.191 e. The van der Waals surface area contributed by atoms with Crippen LogP contribution in [-0.4, -0.2) is 25.0 Å². The SMILES string of the molecule is CN1CC=C2C(C#N)=C(N)C(C#N)(C#N)C(c3ccccc3)[C@H]2C1. The molecule has 2 N–H and O–H groups in total. The number of likely N-dealkylation sites (N-methyl/N-ethyl adjacent to an activating group) is 1. The lowest BCUT2D eigenvalue weighted by Gasteiger charge is -2.45. The highest BCUT2D eigenvalue weighted by atomic mass is 15.1. The van der Waals surface area contributed by atoms with Crippen LogP contribution >= 0.6 is 0 Å². The van der Waals surface area contributed by atoms with Gasteiger partial charge < -0.3 is 10.6 Å². The summed E-state index contributed by atoms with van der Waals surface area (Å²) in [5.41, 5.74) is 6.82. The smallest absolute Gasteiger partial charge is 0.191 e. The Kier molecular flexibility index (Phi) is 3.86. The number of hydrogen-bond acceptors (Lipinski definition) is 5. The molecule has 1 aromatic rings. The van der Waals surface area contributed by atoms with Crippen LogP contribution in [0.5, 0.6) is 0 Å². The largest absolute Gasteiger partial charge is 0.399 e. The molecule has 1 aliphatic heterocycles. The number of nitrogens with two attached hydrogens (primary N) is 1. The second kappa shape index (κ2) is 5.85. The van der Waals surface area contributed by atoms with E-state index in [1.54, 1.807) is 0 Å². The van der Waals surface area contributed by atoms with Crippen molar-refractivity contribution < 1.29 is 0 Å². The summed E-state index contributed by atoms with van der Waals surface area (Å²) >= 11 is 0. The lowest BCUT2D eigenvalue weighted by Crippen LogP contribution is -2.47. The molecule has 1 heterocycles. The Labute approximate surface area is 141 Å². The van der Waals surface area contributed by atoms with Crippen LogP contribution in [-0.2, 0) is 0 Å². The number of hydrogen-bond donors (Lipinski definition) is 1. The second-order valence-corrected chi connectivity index (χ2v) is 6.31. The summed E-state index contributed by atoms with van der Waals surface area (Å²) in [5, 5.41) is 29.4. The molecule has 1 aliphatic carbocycles. The van der Waals surface area contributed by atoms with Gasteiger partial charge in [0.05, 0.1) is 23.4 Å². The fourth-order valence-corrected chi connectivity index (χ4v) is 3.86. The maximum absolute atomic E-state index is 9.88. The lowest BCUT2D eigenvalue weighted by molar-refractivity contribution is 0.237. The minimum atomic E-state index is -1.54. The topological polar surface area (TPSA) is 101 Å². The van der Waals surface area contributed by atoms with E-state index < -0.39 is 11.3 Å². The fraction of sp³-hybridized carbons (Fsp3) is 0.316. The summed E-state index contributed by atoms with van der Waals surface area (Å²) in [6.07, 6.45) is 1.99. The molecule has 24 heavy (non-hydrogen) atoms. The van der Waals surface area contributed by atoms with Gasteiger partial charge in [-0.05, 0) is 18.2 Å². The number of fused-ring (bicyclic) bond motifs is 1. The normalized spacial score (nSPS) is 25.7. The number of nitrogens with zero attached hydrogens (tertiary/aromatic N) is 4. The molecule has 0 spiro atoms. The quantitative estimate of drug-likeness (QED) is 0.854. The van der Waals surface area contributed by atoms with Crippen molar-refractivity contribution in [2.24, 2.45) is 17.1 Å². The maximum atomic E-state index is 9.88. The summed E-state index contributed by atoms with van der Waals surface area (Å²) in [6, 6.07) is 15.9. The number of rotatable bonds is 1. The van der Waals surface area contributed by atoms with Gasteiger partial charge in [0, 0.05) is 24.9 Å². The lowest BCUT2D eigenvalue weighted by atomic mass is 9.58. The van der Waals surface area contributed by atoms with Crippen molar-refractivity contribution in [1.29, 1.82) is 15.8 Å². The summed E-state index contributed by atoms with van der Waals surface area (Å²) in [5.74, 6) is -0.521. The van der Waals surface area contributed by atoms with Crippen molar-refractivity contribution in [2.75, 3.05) is 20.1 Å². The van der Waals surface area contributed by atoms with E-state index in [2.05, 4.69) is 23.1 Å². The Hall–Kier alpha value is -3.07. The monoisotopic (exact) mass is 315 g/mol. The minimum Gasteiger partial charge on any atom is -0.399 e. The van der Waals surface area contributed by atoms with Crippen molar-refractivity contribution >= 4 is 0 Å². The molecule has 0 saturated carbocycles. The predicted octanol–water partition coefficient (Wildman–Crippen LogP) is 2.04. The van der Waals surface area contributed by atoms with Crippen LogP contribution in [0.2, 0.25) is 0 Å². The first-order chi connectivity index (χ1) is 11.6. The van der Waals surface area contributed by atoms with Gasteiger partial charge in [-0.3, -0.25) is 0 Å². The average Bonchev–Trinajstić information content (AvgIpc) is 2.62. The van der Waals surface area contributed by atoms with E-state index in [0.29, 0.717) is 12.1 Å². The fourth-order valence-electron chi connectivity index (χ4n) is 3.86. The molecule has 2 atom stereocenters. The molecule has 0 bridgehead atoms. The van der Waals surface area contributed by atoms with Crippen molar-refractivity contribution in [2.45, 2.75) is 5.92 Å². The van der Waals surface area contributed by atoms with Gasteiger partial charge >= 0.3 is 0 Å². The molecular weight excluding hydrogens is 298 g/mol. The van der Waals surface area contributed by atoms with Crippen LogP contribution in [0.15, 0.2) is 53.3 Å². The Morgan fingerprint density at radius 3 is 2.42 bits per heavy atom. The Balaban J connectivity index is 2.33. The van der Waals surface area contributed by atoms with E-state index >= 15 is 0 Å². The summed E-state index contributed by atoms with van der Waals surface area (Å²) in [4.78, 5) is 2.13. The zero-order valence-electron chi connectivity index (χ0n) is 13.4. The predicted molar refractivity (Wildman–Crippen MR) is 88.7 cm³/mol. The highest BCUT2D eigenvalue weighted by Gasteiger charge is 2.54. The molecular formula is C19H17N5. The van der Waals surface area contributed by atoms with Crippen molar-refractivity contribution in [3.63, 3.8) is 0 Å². The molecule has 5 nitrogen and oxygen atoms in total. The highest BCUT2D eigenvalue weighted by Crippen LogP contribution is 2.53. The van der Waals surface area contributed by atoms with Crippen LogP contribution in [0.4, 0.5) is 0 Å². The number of benzene rings is 1. The highest BCUT2D eigenvalue weighted by molar-refractivity contribution is 5.59. The second-order valence-electron chi connectivity index (χ2n) is 6.31. The zero-order chi connectivity index (χ0) is 17.3. The summed E-state index contributed by atoms with van der Waals surface area (Å²) in [6.45, 7) is 1.40. The molecule has 5 heteroatoms. The molecule has 1 unspecified atom stereocenters. The van der Waals surface area contributed by atoms with Gasteiger partial charge in [-0.1, -0.05) is 36.4 Å². The molecule has 0 radical (unpaired) electrons. The van der Waals surface area contributed by atoms with Crippen LogP contribution in [0.25, 0.3) is 0 Å². The van der Waals surface area contributed by atoms with E-state index in [1.807, 2.05) is 43.5 Å². The third-order valence-corrected chi connectivity index (χ3v) is 5.01. The molecule has 0 aromatic heterocycles. The van der Waals surface area contributed by atoms with Gasteiger partial charge in [0.25, 0.3) is 0 Å². The molecule has 0 amide bonds. The zero-order valence-corrected chi connectivity index (χ0v) is 13.4. The van der Waals surface area contributed by atoms with Gasteiger partial charge in [0.1, 0.15) is 6.07 Å². The van der Waals surface area contributed by atoms with E-state index in [9.17, 15) is 15.8 Å². The molecule has 0 fully saturated rings. The van der Waals surface area contributed by atoms with Crippen LogP contribution in [0, 0.1) is 45.3 Å². The third-order valence-electron chi connectivity index (χ3n) is 5.01. The number of nitriles is 3. The Morgan fingerprint density at radius 2 is 1.83 bits per heavy atom. The Morgan fingerprint density at radius 1 is 1.17 bits per heavy atom. The standard InChI is InChI=1S/C19H17N5/c1-24-8-7-14-15(9-20)18(23)19(11-21,12-22)17(16(14)10-24)13-5-3-2-4-6-13/h2-7,16-17H,8,10,23H2,1H3/t16-,17?/m0/s1. The van der Waals surface area contributed by atoms with E-state index in [-0.39, 0.29) is 11.6 Å². The minimum absolute atomic E-state index is 0.0795. The Bertz CT molecular complexity index is 830. The van der Waals surface area contributed by atoms with Crippen LogP contribution in [0.3, 0.4) is 0 Å². The van der Waals surface area contributed by atoms with Gasteiger partial charge in [-0.2, -0.15) is 15.8 Å². The van der Waals surface area contributed by atoms with Crippen LogP contribution < -0.4 is 5.73 Å². The van der Waals surface area contributed by atoms with Crippen LogP contribution in [0.1, 0.15) is 11.5 Å². The van der Waals surface area contributed by atoms with Gasteiger partial charge in [0.15, 0.2) is 5.41 Å². The summed E-state index contributed by atoms with van der Waals surface area (Å²) in [7, 11) is 1.99. The first-order valence-corrected chi connectivity index (χ1v) is 7.75. The van der Waals surface area contributed by atoms with Gasteiger partial charge in [-0.15, -0.1) is 0 Å². The van der Waals surface area contributed by atoms with Crippen molar-refractivity contribution in [3.8, 4) is 18.2 Å². The number of allylic oxidation sites excluding steroid dienone is 2. The first kappa shape index (κ1) is 15.8. The molecule has 118 valence electrons. The van der Waals surface area contributed by atoms with E-state index in [1.165, 1.54) is 0 Å². The van der Waals surface area contributed by atoms with E-state index in [0.717, 1.165) is 17.7 Å². The third kappa shape index (κ3) is 2.09. The average molecular weight is 315 g/mol. The molecule has 1 aromatic carbocycles. The molecule has 0 saturated heterocycles. The van der Waals surface area contributed by atoms with Gasteiger partial charge in [0.2, 0.25) is 0 Å².